The van der Waals surface area contributed by atoms with Crippen molar-refractivity contribution in [3.05, 3.63) is 40.1 Å². The molecule has 2 nitrogen and oxygen atoms in total. The highest BCUT2D eigenvalue weighted by molar-refractivity contribution is 9.10. The fraction of sp³-hybridized carbons (Fsp3) is 0.273. The van der Waals surface area contributed by atoms with E-state index in [9.17, 15) is 9.50 Å². The molecule has 1 rings (SSSR count). The highest BCUT2D eigenvalue weighted by Gasteiger charge is 2.16. The average molecular weight is 274 g/mol. The zero-order valence-corrected chi connectivity index (χ0v) is 10.0. The first-order valence-corrected chi connectivity index (χ1v) is 5.29. The normalized spacial score (nSPS) is 12.5. The maximum absolute atomic E-state index is 13.3. The Hall–Kier alpha value is -0.870. The minimum absolute atomic E-state index is 0.228. The molecule has 0 saturated heterocycles. The van der Waals surface area contributed by atoms with E-state index in [1.807, 2.05) is 6.92 Å². The SMILES string of the molecule is C=C(C)C[C@@H](N)c1ccc(Br)c(F)c1O. The van der Waals surface area contributed by atoms with Gasteiger partial charge in [0.05, 0.1) is 4.47 Å². The van der Waals surface area contributed by atoms with E-state index in [0.29, 0.717) is 12.0 Å². The van der Waals surface area contributed by atoms with E-state index in [4.69, 9.17) is 5.73 Å². The van der Waals surface area contributed by atoms with Gasteiger partial charge in [-0.15, -0.1) is 6.58 Å². The molecule has 15 heavy (non-hydrogen) atoms. The van der Waals surface area contributed by atoms with Crippen molar-refractivity contribution in [2.45, 2.75) is 19.4 Å². The van der Waals surface area contributed by atoms with Gasteiger partial charge in [0.2, 0.25) is 0 Å². The summed E-state index contributed by atoms with van der Waals surface area (Å²) in [5.41, 5.74) is 7.11. The maximum atomic E-state index is 13.3. The molecule has 0 aliphatic heterocycles. The van der Waals surface area contributed by atoms with Crippen LogP contribution in [-0.2, 0) is 0 Å². The molecule has 1 aromatic carbocycles. The van der Waals surface area contributed by atoms with Gasteiger partial charge in [-0.2, -0.15) is 0 Å². The molecule has 0 aliphatic carbocycles. The van der Waals surface area contributed by atoms with Crippen LogP contribution in [0.5, 0.6) is 5.75 Å². The lowest BCUT2D eigenvalue weighted by atomic mass is 10.0. The number of hydrogen-bond donors (Lipinski definition) is 2. The Morgan fingerprint density at radius 1 is 1.67 bits per heavy atom. The first-order valence-electron chi connectivity index (χ1n) is 4.50. The van der Waals surface area contributed by atoms with Gasteiger partial charge in [-0.3, -0.25) is 0 Å². The van der Waals surface area contributed by atoms with Gasteiger partial charge in [-0.05, 0) is 35.3 Å². The molecule has 0 bridgehead atoms. The average Bonchev–Trinajstić information content (AvgIpc) is 2.13. The molecule has 0 unspecified atom stereocenters. The molecule has 82 valence electrons. The fourth-order valence-corrected chi connectivity index (χ4v) is 1.66. The summed E-state index contributed by atoms with van der Waals surface area (Å²) in [6, 6.07) is 2.71. The van der Waals surface area contributed by atoms with Crippen LogP contribution < -0.4 is 5.73 Å². The Bertz CT molecular complexity index is 392. The first kappa shape index (κ1) is 12.2. The van der Waals surface area contributed by atoms with Crippen LogP contribution in [0.4, 0.5) is 4.39 Å². The zero-order valence-electron chi connectivity index (χ0n) is 8.43. The second-order valence-corrected chi connectivity index (χ2v) is 4.42. The highest BCUT2D eigenvalue weighted by atomic mass is 79.9. The molecule has 0 amide bonds. The van der Waals surface area contributed by atoms with Gasteiger partial charge in [0.1, 0.15) is 0 Å². The molecule has 0 heterocycles. The van der Waals surface area contributed by atoms with Crippen molar-refractivity contribution >= 4 is 15.9 Å². The molecule has 1 atom stereocenters. The van der Waals surface area contributed by atoms with Gasteiger partial charge in [0.25, 0.3) is 0 Å². The third kappa shape index (κ3) is 2.79. The number of rotatable bonds is 3. The third-order valence-corrected chi connectivity index (χ3v) is 2.68. The number of nitrogens with two attached hydrogens (primary N) is 1. The van der Waals surface area contributed by atoms with Gasteiger partial charge in [-0.25, -0.2) is 4.39 Å². The number of phenols is 1. The van der Waals surface area contributed by atoms with Crippen LogP contribution in [-0.4, -0.2) is 5.11 Å². The zero-order chi connectivity index (χ0) is 11.6. The predicted molar refractivity (Wildman–Crippen MR) is 62.1 cm³/mol. The number of benzene rings is 1. The lowest BCUT2D eigenvalue weighted by Gasteiger charge is -2.14. The number of aromatic hydroxyl groups is 1. The van der Waals surface area contributed by atoms with Crippen LogP contribution >= 0.6 is 15.9 Å². The van der Waals surface area contributed by atoms with Gasteiger partial charge < -0.3 is 10.8 Å². The van der Waals surface area contributed by atoms with E-state index in [-0.39, 0.29) is 4.47 Å². The summed E-state index contributed by atoms with van der Waals surface area (Å²) in [4.78, 5) is 0. The van der Waals surface area contributed by atoms with Crippen molar-refractivity contribution in [3.63, 3.8) is 0 Å². The molecular weight excluding hydrogens is 261 g/mol. The Labute approximate surface area is 96.7 Å². The molecule has 0 spiro atoms. The predicted octanol–water partition coefficient (Wildman–Crippen LogP) is 3.26. The summed E-state index contributed by atoms with van der Waals surface area (Å²) in [5, 5.41) is 9.55. The standard InChI is InChI=1S/C11H13BrFNO/c1-6(2)5-9(14)7-3-4-8(12)10(13)11(7)15/h3-4,9,15H,1,5,14H2,2H3/t9-/m1/s1. The summed E-state index contributed by atoms with van der Waals surface area (Å²) in [5.74, 6) is -1.07. The summed E-state index contributed by atoms with van der Waals surface area (Å²) in [7, 11) is 0. The number of hydrogen-bond acceptors (Lipinski definition) is 2. The van der Waals surface area contributed by atoms with Crippen molar-refractivity contribution < 1.29 is 9.50 Å². The van der Waals surface area contributed by atoms with E-state index >= 15 is 0 Å². The third-order valence-electron chi connectivity index (χ3n) is 2.07. The molecule has 0 fully saturated rings. The summed E-state index contributed by atoms with van der Waals surface area (Å²) >= 11 is 2.99. The van der Waals surface area contributed by atoms with Crippen LogP contribution in [0, 0.1) is 5.82 Å². The molecule has 0 aliphatic rings. The topological polar surface area (TPSA) is 46.2 Å². The van der Waals surface area contributed by atoms with Crippen LogP contribution in [0.1, 0.15) is 24.9 Å². The summed E-state index contributed by atoms with van der Waals surface area (Å²) in [6.07, 6.45) is 0.522. The molecule has 1 aromatic rings. The monoisotopic (exact) mass is 273 g/mol. The lowest BCUT2D eigenvalue weighted by molar-refractivity contribution is 0.418. The molecule has 3 N–H and O–H groups in total. The Balaban J connectivity index is 3.05. The molecule has 0 aromatic heterocycles. The van der Waals surface area contributed by atoms with E-state index in [1.54, 1.807) is 6.07 Å². The van der Waals surface area contributed by atoms with E-state index in [1.165, 1.54) is 6.07 Å². The Kier molecular flexibility index (Phi) is 3.88. The molecule has 0 saturated carbocycles. The van der Waals surface area contributed by atoms with Crippen molar-refractivity contribution in [3.8, 4) is 5.75 Å². The van der Waals surface area contributed by atoms with E-state index in [0.717, 1.165) is 5.57 Å². The van der Waals surface area contributed by atoms with E-state index in [2.05, 4.69) is 22.5 Å². The quantitative estimate of drug-likeness (QED) is 0.831. The van der Waals surface area contributed by atoms with Gasteiger partial charge in [0.15, 0.2) is 11.6 Å². The van der Waals surface area contributed by atoms with Crippen LogP contribution in [0.25, 0.3) is 0 Å². The smallest absolute Gasteiger partial charge is 0.179 e. The highest BCUT2D eigenvalue weighted by Crippen LogP contribution is 2.32. The maximum Gasteiger partial charge on any atom is 0.179 e. The van der Waals surface area contributed by atoms with Crippen molar-refractivity contribution in [1.29, 1.82) is 0 Å². The number of phenolic OH excluding ortho intramolecular Hbond substituents is 1. The van der Waals surface area contributed by atoms with Crippen molar-refractivity contribution in [2.24, 2.45) is 5.73 Å². The fourth-order valence-electron chi connectivity index (χ4n) is 1.34. The van der Waals surface area contributed by atoms with Gasteiger partial charge in [0, 0.05) is 11.6 Å². The van der Waals surface area contributed by atoms with Crippen molar-refractivity contribution in [1.82, 2.24) is 0 Å². The minimum Gasteiger partial charge on any atom is -0.505 e. The van der Waals surface area contributed by atoms with Crippen LogP contribution in [0.2, 0.25) is 0 Å². The summed E-state index contributed by atoms with van der Waals surface area (Å²) in [6.45, 7) is 5.57. The van der Waals surface area contributed by atoms with Crippen LogP contribution in [0.15, 0.2) is 28.8 Å². The summed E-state index contributed by atoms with van der Waals surface area (Å²) < 4.78 is 13.5. The van der Waals surface area contributed by atoms with Crippen LogP contribution in [0.3, 0.4) is 0 Å². The van der Waals surface area contributed by atoms with Gasteiger partial charge >= 0.3 is 0 Å². The second-order valence-electron chi connectivity index (χ2n) is 3.57. The minimum atomic E-state index is -0.676. The lowest BCUT2D eigenvalue weighted by Crippen LogP contribution is -2.11. The first-order chi connectivity index (χ1) is 6.93. The second kappa shape index (κ2) is 4.77. The van der Waals surface area contributed by atoms with Gasteiger partial charge in [-0.1, -0.05) is 11.6 Å². The number of halogens is 2. The largest absolute Gasteiger partial charge is 0.505 e. The molecule has 0 radical (unpaired) electrons. The van der Waals surface area contributed by atoms with E-state index < -0.39 is 17.6 Å². The Morgan fingerprint density at radius 3 is 2.80 bits per heavy atom. The Morgan fingerprint density at radius 2 is 2.27 bits per heavy atom. The molecule has 4 heteroatoms. The molecular formula is C11H13BrFNO. The van der Waals surface area contributed by atoms with Crippen molar-refractivity contribution in [2.75, 3.05) is 0 Å².